The smallest absolute Gasteiger partial charge is 0.322 e. The Morgan fingerprint density at radius 3 is 2.71 bits per heavy atom. The number of nitrogens with two attached hydrogens (primary N) is 1. The maximum absolute atomic E-state index is 11.4. The molecule has 0 unspecified atom stereocenters. The minimum absolute atomic E-state index is 0.0311. The number of hydrogen-bond donors (Lipinski definition) is 3. The molecule has 0 aromatic carbocycles. The number of anilines is 2. The summed E-state index contributed by atoms with van der Waals surface area (Å²) in [6.07, 6.45) is 0. The summed E-state index contributed by atoms with van der Waals surface area (Å²) in [5, 5.41) is 5.45. The van der Waals surface area contributed by atoms with E-state index in [1.54, 1.807) is 0 Å². The molecule has 1 aromatic heterocycles. The number of methoxy groups -OCH3 is 1. The molecule has 1 rings (SSSR count). The third-order valence-electron chi connectivity index (χ3n) is 1.67. The summed E-state index contributed by atoms with van der Waals surface area (Å²) in [4.78, 5) is 22.8. The van der Waals surface area contributed by atoms with E-state index in [1.807, 2.05) is 13.8 Å². The van der Waals surface area contributed by atoms with Gasteiger partial charge in [-0.1, -0.05) is 0 Å². The molecule has 1 amide bonds. The van der Waals surface area contributed by atoms with E-state index < -0.39 is 0 Å². The van der Waals surface area contributed by atoms with Gasteiger partial charge in [0.25, 0.3) is 0 Å². The minimum atomic E-state index is -0.155. The predicted octanol–water partition coefficient (Wildman–Crippen LogP) is -0.601. The molecule has 0 spiro atoms. The quantitative estimate of drug-likeness (QED) is 0.629. The highest BCUT2D eigenvalue weighted by Crippen LogP contribution is 2.07. The molecule has 4 N–H and O–H groups in total. The van der Waals surface area contributed by atoms with Crippen molar-refractivity contribution in [3.05, 3.63) is 0 Å². The fourth-order valence-electron chi connectivity index (χ4n) is 1.07. The Kier molecular flexibility index (Phi) is 4.44. The van der Waals surface area contributed by atoms with Crippen molar-refractivity contribution in [2.45, 2.75) is 19.9 Å². The maximum atomic E-state index is 11.4. The molecule has 0 atom stereocenters. The first-order chi connectivity index (χ1) is 8.01. The Morgan fingerprint density at radius 2 is 2.12 bits per heavy atom. The fraction of sp³-hybridized carbons (Fsp3) is 0.556. The monoisotopic (exact) mass is 240 g/mol. The second-order valence-electron chi connectivity index (χ2n) is 3.58. The van der Waals surface area contributed by atoms with Crippen molar-refractivity contribution < 1.29 is 9.53 Å². The highest BCUT2D eigenvalue weighted by Gasteiger charge is 2.07. The molecule has 0 aliphatic heterocycles. The summed E-state index contributed by atoms with van der Waals surface area (Å²) in [7, 11) is 1.42. The van der Waals surface area contributed by atoms with E-state index in [0.717, 1.165) is 0 Å². The molecule has 0 saturated carbocycles. The third kappa shape index (κ3) is 4.49. The maximum Gasteiger partial charge on any atom is 0.322 e. The Balaban J connectivity index is 2.57. The van der Waals surface area contributed by atoms with Gasteiger partial charge in [-0.05, 0) is 13.8 Å². The SMILES string of the molecule is COc1nc(N)nc(NCC(=O)NC(C)C)n1. The van der Waals surface area contributed by atoms with Gasteiger partial charge in [0.15, 0.2) is 0 Å². The molecule has 0 fully saturated rings. The van der Waals surface area contributed by atoms with Crippen LogP contribution in [0.5, 0.6) is 6.01 Å². The minimum Gasteiger partial charge on any atom is -0.467 e. The van der Waals surface area contributed by atoms with Gasteiger partial charge in [-0.2, -0.15) is 15.0 Å². The van der Waals surface area contributed by atoms with Gasteiger partial charge in [-0.25, -0.2) is 0 Å². The summed E-state index contributed by atoms with van der Waals surface area (Å²) in [5.74, 6) is 0.0785. The third-order valence-corrected chi connectivity index (χ3v) is 1.67. The number of ether oxygens (including phenoxy) is 1. The van der Waals surface area contributed by atoms with Crippen LogP contribution in [-0.4, -0.2) is 40.6 Å². The zero-order valence-corrected chi connectivity index (χ0v) is 10.0. The van der Waals surface area contributed by atoms with Crippen molar-refractivity contribution in [2.75, 3.05) is 24.7 Å². The summed E-state index contributed by atoms with van der Waals surface area (Å²) in [5.41, 5.74) is 5.44. The van der Waals surface area contributed by atoms with E-state index >= 15 is 0 Å². The molecule has 0 radical (unpaired) electrons. The van der Waals surface area contributed by atoms with Gasteiger partial charge >= 0.3 is 6.01 Å². The lowest BCUT2D eigenvalue weighted by molar-refractivity contribution is -0.119. The predicted molar refractivity (Wildman–Crippen MR) is 62.6 cm³/mol. The van der Waals surface area contributed by atoms with Crippen LogP contribution in [0.25, 0.3) is 0 Å². The summed E-state index contributed by atoms with van der Waals surface area (Å²) < 4.78 is 4.82. The summed E-state index contributed by atoms with van der Waals surface area (Å²) >= 11 is 0. The average molecular weight is 240 g/mol. The Bertz CT molecular complexity index is 395. The van der Waals surface area contributed by atoms with Crippen molar-refractivity contribution in [3.63, 3.8) is 0 Å². The summed E-state index contributed by atoms with van der Waals surface area (Å²) in [6, 6.07) is 0.187. The Morgan fingerprint density at radius 1 is 1.41 bits per heavy atom. The molecule has 0 saturated heterocycles. The molecule has 0 aliphatic carbocycles. The van der Waals surface area contributed by atoms with E-state index in [1.165, 1.54) is 7.11 Å². The standard InChI is InChI=1S/C9H16N6O2/c1-5(2)12-6(16)4-11-8-13-7(10)14-9(15-8)17-3/h5H,4H2,1-3H3,(H,12,16)(H3,10,11,13,14,15). The first-order valence-electron chi connectivity index (χ1n) is 5.10. The zero-order chi connectivity index (χ0) is 12.8. The molecule has 1 heterocycles. The van der Waals surface area contributed by atoms with E-state index in [0.29, 0.717) is 0 Å². The number of amides is 1. The molecule has 94 valence electrons. The lowest BCUT2D eigenvalue weighted by Crippen LogP contribution is -2.35. The lowest BCUT2D eigenvalue weighted by atomic mass is 10.4. The van der Waals surface area contributed by atoms with Gasteiger partial charge < -0.3 is 21.1 Å². The molecular formula is C9H16N6O2. The lowest BCUT2D eigenvalue weighted by Gasteiger charge is -2.09. The van der Waals surface area contributed by atoms with Crippen molar-refractivity contribution in [2.24, 2.45) is 0 Å². The number of aromatic nitrogens is 3. The molecule has 17 heavy (non-hydrogen) atoms. The van der Waals surface area contributed by atoms with Crippen LogP contribution < -0.4 is 21.1 Å². The Hall–Kier alpha value is -2.12. The fourth-order valence-corrected chi connectivity index (χ4v) is 1.07. The average Bonchev–Trinajstić information content (AvgIpc) is 2.24. The highest BCUT2D eigenvalue weighted by molar-refractivity contribution is 5.80. The topological polar surface area (TPSA) is 115 Å². The van der Waals surface area contributed by atoms with Gasteiger partial charge in [0, 0.05) is 6.04 Å². The number of hydrogen-bond acceptors (Lipinski definition) is 7. The van der Waals surface area contributed by atoms with Gasteiger partial charge in [0.2, 0.25) is 17.8 Å². The molecule has 0 bridgehead atoms. The van der Waals surface area contributed by atoms with Crippen LogP contribution in [0.1, 0.15) is 13.8 Å². The van der Waals surface area contributed by atoms with Crippen LogP contribution in [0.4, 0.5) is 11.9 Å². The van der Waals surface area contributed by atoms with Gasteiger partial charge in [0.05, 0.1) is 13.7 Å². The van der Waals surface area contributed by atoms with Crippen molar-refractivity contribution >= 4 is 17.8 Å². The van der Waals surface area contributed by atoms with Gasteiger partial charge in [0.1, 0.15) is 0 Å². The summed E-state index contributed by atoms with van der Waals surface area (Å²) in [6.45, 7) is 3.81. The second-order valence-corrected chi connectivity index (χ2v) is 3.58. The number of nitrogens with zero attached hydrogens (tertiary/aromatic N) is 3. The van der Waals surface area contributed by atoms with Crippen LogP contribution in [0, 0.1) is 0 Å². The highest BCUT2D eigenvalue weighted by atomic mass is 16.5. The van der Waals surface area contributed by atoms with E-state index in [2.05, 4.69) is 25.6 Å². The van der Waals surface area contributed by atoms with Gasteiger partial charge in [-0.15, -0.1) is 0 Å². The van der Waals surface area contributed by atoms with Crippen LogP contribution in [0.2, 0.25) is 0 Å². The van der Waals surface area contributed by atoms with E-state index in [4.69, 9.17) is 10.5 Å². The molecule has 8 heteroatoms. The number of rotatable bonds is 5. The molecule has 1 aromatic rings. The van der Waals surface area contributed by atoms with Crippen LogP contribution >= 0.6 is 0 Å². The van der Waals surface area contributed by atoms with E-state index in [9.17, 15) is 4.79 Å². The number of carbonyl (C=O) groups excluding carboxylic acids is 1. The van der Waals surface area contributed by atoms with Crippen molar-refractivity contribution in [1.82, 2.24) is 20.3 Å². The van der Waals surface area contributed by atoms with Crippen LogP contribution in [0.15, 0.2) is 0 Å². The van der Waals surface area contributed by atoms with E-state index in [-0.39, 0.29) is 36.4 Å². The molecule has 8 nitrogen and oxygen atoms in total. The first-order valence-corrected chi connectivity index (χ1v) is 5.10. The Labute approximate surface area is 99.0 Å². The van der Waals surface area contributed by atoms with Crippen LogP contribution in [-0.2, 0) is 4.79 Å². The van der Waals surface area contributed by atoms with Crippen molar-refractivity contribution in [3.8, 4) is 6.01 Å². The second kappa shape index (κ2) is 5.83. The number of nitrogens with one attached hydrogen (secondary N) is 2. The molecular weight excluding hydrogens is 224 g/mol. The number of carbonyl (C=O) groups is 1. The zero-order valence-electron chi connectivity index (χ0n) is 10.0. The van der Waals surface area contributed by atoms with Crippen LogP contribution in [0.3, 0.4) is 0 Å². The van der Waals surface area contributed by atoms with Crippen molar-refractivity contribution in [1.29, 1.82) is 0 Å². The molecule has 0 aliphatic rings. The normalized spacial score (nSPS) is 10.1. The number of nitrogen functional groups attached to an aromatic ring is 1. The van der Waals surface area contributed by atoms with Gasteiger partial charge in [-0.3, -0.25) is 4.79 Å². The first kappa shape index (κ1) is 12.9. The largest absolute Gasteiger partial charge is 0.467 e.